The molecule has 0 radical (unpaired) electrons. The Labute approximate surface area is 119 Å². The Hall–Kier alpha value is -2.04. The van der Waals surface area contributed by atoms with Crippen LogP contribution in [0, 0.1) is 6.92 Å². The molecular weight excluding hydrogens is 281 g/mol. The Morgan fingerprint density at radius 1 is 1.19 bits per heavy atom. The highest BCUT2D eigenvalue weighted by atomic mass is 19.4. The summed E-state index contributed by atoms with van der Waals surface area (Å²) in [6.45, 7) is 1.93. The summed E-state index contributed by atoms with van der Waals surface area (Å²) in [5.41, 5.74) is 0.779. The van der Waals surface area contributed by atoms with Gasteiger partial charge in [0.2, 0.25) is 0 Å². The molecule has 1 aliphatic carbocycles. The summed E-state index contributed by atoms with van der Waals surface area (Å²) < 4.78 is 43.6. The molecule has 1 aromatic heterocycles. The van der Waals surface area contributed by atoms with E-state index in [1.165, 1.54) is 0 Å². The third-order valence-corrected chi connectivity index (χ3v) is 3.94. The lowest BCUT2D eigenvalue weighted by molar-refractivity contribution is -0.138. The van der Waals surface area contributed by atoms with Crippen molar-refractivity contribution >= 4 is 5.78 Å². The Morgan fingerprint density at radius 3 is 2.57 bits per heavy atom. The van der Waals surface area contributed by atoms with Crippen LogP contribution in [0.4, 0.5) is 13.2 Å². The maximum Gasteiger partial charge on any atom is 0.420 e. The molecule has 5 heteroatoms. The number of aryl methyl sites for hydroxylation is 1. The van der Waals surface area contributed by atoms with Gasteiger partial charge in [0, 0.05) is 12.8 Å². The number of alkyl halides is 3. The van der Waals surface area contributed by atoms with Crippen molar-refractivity contribution in [3.8, 4) is 0 Å². The van der Waals surface area contributed by atoms with E-state index >= 15 is 0 Å². The Morgan fingerprint density at radius 2 is 1.90 bits per heavy atom. The van der Waals surface area contributed by atoms with Crippen molar-refractivity contribution in [1.82, 2.24) is 0 Å². The standard InChI is InChI=1S/C16H13F3O2/c1-9-4-2-3-5-11(9)10-6-13(20)15-12(16(17,18)19)8-21-14(15)7-10/h2-5,8,10H,6-7H2,1H3. The van der Waals surface area contributed by atoms with E-state index in [1.54, 1.807) is 0 Å². The van der Waals surface area contributed by atoms with Gasteiger partial charge in [0.15, 0.2) is 5.78 Å². The van der Waals surface area contributed by atoms with E-state index in [0.29, 0.717) is 12.7 Å². The lowest BCUT2D eigenvalue weighted by Gasteiger charge is -2.23. The van der Waals surface area contributed by atoms with Crippen LogP contribution in [0.3, 0.4) is 0 Å². The molecule has 2 aromatic rings. The van der Waals surface area contributed by atoms with E-state index in [4.69, 9.17) is 4.42 Å². The molecule has 1 aliphatic rings. The minimum absolute atomic E-state index is 0.0838. The van der Waals surface area contributed by atoms with Crippen LogP contribution in [0.5, 0.6) is 0 Å². The molecule has 0 bridgehead atoms. The summed E-state index contributed by atoms with van der Waals surface area (Å²) >= 11 is 0. The largest absolute Gasteiger partial charge is 0.468 e. The van der Waals surface area contributed by atoms with Gasteiger partial charge in [0.25, 0.3) is 0 Å². The topological polar surface area (TPSA) is 30.2 Å². The van der Waals surface area contributed by atoms with Crippen molar-refractivity contribution in [2.75, 3.05) is 0 Å². The second kappa shape index (κ2) is 4.76. The smallest absolute Gasteiger partial charge is 0.420 e. The lowest BCUT2D eigenvalue weighted by Crippen LogP contribution is -2.21. The van der Waals surface area contributed by atoms with E-state index in [2.05, 4.69) is 0 Å². The normalized spacial score (nSPS) is 18.7. The maximum atomic E-state index is 12.9. The summed E-state index contributed by atoms with van der Waals surface area (Å²) in [4.78, 5) is 12.1. The van der Waals surface area contributed by atoms with Gasteiger partial charge in [-0.05, 0) is 24.0 Å². The molecule has 0 saturated carbocycles. The third kappa shape index (κ3) is 2.37. The minimum Gasteiger partial charge on any atom is -0.468 e. The quantitative estimate of drug-likeness (QED) is 0.774. The van der Waals surface area contributed by atoms with Crippen LogP contribution < -0.4 is 0 Å². The predicted octanol–water partition coefficient (Wildman–Crippen LogP) is 4.52. The zero-order valence-corrected chi connectivity index (χ0v) is 11.3. The molecule has 1 atom stereocenters. The number of benzene rings is 1. The van der Waals surface area contributed by atoms with Gasteiger partial charge in [-0.3, -0.25) is 4.79 Å². The van der Waals surface area contributed by atoms with Crippen molar-refractivity contribution in [3.05, 3.63) is 58.5 Å². The van der Waals surface area contributed by atoms with E-state index in [-0.39, 0.29) is 23.7 Å². The number of furan rings is 1. The molecule has 0 fully saturated rings. The molecule has 2 nitrogen and oxygen atoms in total. The third-order valence-electron chi connectivity index (χ3n) is 3.94. The fraction of sp³-hybridized carbons (Fsp3) is 0.312. The first-order valence-electron chi connectivity index (χ1n) is 6.64. The summed E-state index contributed by atoms with van der Waals surface area (Å²) in [7, 11) is 0. The van der Waals surface area contributed by atoms with Crippen LogP contribution in [-0.4, -0.2) is 5.78 Å². The van der Waals surface area contributed by atoms with Gasteiger partial charge < -0.3 is 4.42 Å². The van der Waals surface area contributed by atoms with Gasteiger partial charge in [-0.2, -0.15) is 13.2 Å². The summed E-state index contributed by atoms with van der Waals surface area (Å²) in [6, 6.07) is 7.60. The van der Waals surface area contributed by atoms with Crippen molar-refractivity contribution < 1.29 is 22.4 Å². The molecule has 3 rings (SSSR count). The minimum atomic E-state index is -4.55. The predicted molar refractivity (Wildman–Crippen MR) is 70.3 cm³/mol. The number of fused-ring (bicyclic) bond motifs is 1. The molecule has 0 saturated heterocycles. The molecule has 21 heavy (non-hydrogen) atoms. The van der Waals surface area contributed by atoms with E-state index in [1.807, 2.05) is 31.2 Å². The molecule has 0 N–H and O–H groups in total. The molecule has 110 valence electrons. The van der Waals surface area contributed by atoms with Gasteiger partial charge >= 0.3 is 6.18 Å². The van der Waals surface area contributed by atoms with E-state index in [9.17, 15) is 18.0 Å². The van der Waals surface area contributed by atoms with Crippen LogP contribution in [0.1, 0.15) is 45.1 Å². The number of carbonyl (C=O) groups excluding carboxylic acids is 1. The lowest BCUT2D eigenvalue weighted by atomic mass is 9.80. The first-order chi connectivity index (χ1) is 9.88. The highest BCUT2D eigenvalue weighted by Gasteiger charge is 2.42. The van der Waals surface area contributed by atoms with Crippen LogP contribution in [0.15, 0.2) is 34.9 Å². The number of ketones is 1. The Bertz CT molecular complexity index is 698. The monoisotopic (exact) mass is 294 g/mol. The SMILES string of the molecule is Cc1ccccc1C1CC(=O)c2c(C(F)(F)F)coc2C1. The average molecular weight is 294 g/mol. The average Bonchev–Trinajstić information content (AvgIpc) is 2.83. The van der Waals surface area contributed by atoms with Crippen LogP contribution in [0.2, 0.25) is 0 Å². The first-order valence-corrected chi connectivity index (χ1v) is 6.64. The van der Waals surface area contributed by atoms with E-state index in [0.717, 1.165) is 11.1 Å². The number of hydrogen-bond acceptors (Lipinski definition) is 2. The molecule has 0 spiro atoms. The van der Waals surface area contributed by atoms with Gasteiger partial charge in [0.1, 0.15) is 17.6 Å². The zero-order chi connectivity index (χ0) is 15.2. The van der Waals surface area contributed by atoms with Gasteiger partial charge in [-0.1, -0.05) is 24.3 Å². The van der Waals surface area contributed by atoms with Crippen molar-refractivity contribution in [2.45, 2.75) is 31.9 Å². The molecule has 0 amide bonds. The number of carbonyl (C=O) groups is 1. The summed E-state index contributed by atoms with van der Waals surface area (Å²) in [5, 5.41) is 0. The summed E-state index contributed by atoms with van der Waals surface area (Å²) in [5.74, 6) is -0.476. The van der Waals surface area contributed by atoms with Crippen LogP contribution >= 0.6 is 0 Å². The summed E-state index contributed by atoms with van der Waals surface area (Å²) in [6.07, 6.45) is -3.49. The number of hydrogen-bond donors (Lipinski definition) is 0. The molecule has 1 heterocycles. The first kappa shape index (κ1) is 13.9. The number of halogens is 3. The molecule has 0 aliphatic heterocycles. The van der Waals surface area contributed by atoms with E-state index < -0.39 is 17.5 Å². The second-order valence-corrected chi connectivity index (χ2v) is 5.33. The highest BCUT2D eigenvalue weighted by molar-refractivity contribution is 6.00. The Kier molecular flexibility index (Phi) is 3.15. The zero-order valence-electron chi connectivity index (χ0n) is 11.3. The maximum absolute atomic E-state index is 12.9. The highest BCUT2D eigenvalue weighted by Crippen LogP contribution is 2.41. The van der Waals surface area contributed by atoms with Crippen molar-refractivity contribution in [2.24, 2.45) is 0 Å². The number of rotatable bonds is 1. The van der Waals surface area contributed by atoms with Gasteiger partial charge in [0.05, 0.1) is 5.56 Å². The molecular formula is C16H13F3O2. The second-order valence-electron chi connectivity index (χ2n) is 5.33. The fourth-order valence-corrected chi connectivity index (χ4v) is 2.95. The Balaban J connectivity index is 2.00. The molecule has 1 unspecified atom stereocenters. The number of Topliss-reactive ketones (excluding diaryl/α,β-unsaturated/α-hetero) is 1. The van der Waals surface area contributed by atoms with Gasteiger partial charge in [-0.15, -0.1) is 0 Å². The van der Waals surface area contributed by atoms with Crippen LogP contribution in [0.25, 0.3) is 0 Å². The van der Waals surface area contributed by atoms with Gasteiger partial charge in [-0.25, -0.2) is 0 Å². The van der Waals surface area contributed by atoms with Crippen molar-refractivity contribution in [1.29, 1.82) is 0 Å². The van der Waals surface area contributed by atoms with Crippen LogP contribution in [-0.2, 0) is 12.6 Å². The molecule has 1 aromatic carbocycles. The van der Waals surface area contributed by atoms with Crippen molar-refractivity contribution in [3.63, 3.8) is 0 Å². The fourth-order valence-electron chi connectivity index (χ4n) is 2.95.